The number of nitrogens with zero attached hydrogens (tertiary/aromatic N) is 3. The molecule has 1 aliphatic carbocycles. The average molecular weight is 331 g/mol. The number of amides is 2. The molecule has 0 radical (unpaired) electrons. The number of piperidine rings is 1. The van der Waals surface area contributed by atoms with Gasteiger partial charge in [-0.2, -0.15) is 0 Å². The zero-order valence-corrected chi connectivity index (χ0v) is 14.8. The van der Waals surface area contributed by atoms with Gasteiger partial charge in [-0.3, -0.25) is 0 Å². The van der Waals surface area contributed by atoms with E-state index in [1.807, 2.05) is 19.9 Å². The Morgan fingerprint density at radius 2 is 1.50 bits per heavy atom. The summed E-state index contributed by atoms with van der Waals surface area (Å²) in [5.74, 6) is 0.817. The number of nitrogens with one attached hydrogen (secondary N) is 2. The number of hydrogen-bond donors (Lipinski definition) is 2. The van der Waals surface area contributed by atoms with E-state index in [4.69, 9.17) is 0 Å². The molecule has 3 rings (SSSR count). The Kier molecular flexibility index (Phi) is 5.53. The number of carbonyl (C=O) groups is 1. The maximum absolute atomic E-state index is 12.2. The van der Waals surface area contributed by atoms with Gasteiger partial charge in [0.15, 0.2) is 0 Å². The lowest BCUT2D eigenvalue weighted by Crippen LogP contribution is -2.50. The summed E-state index contributed by atoms with van der Waals surface area (Å²) in [4.78, 5) is 23.5. The molecule has 0 aromatic carbocycles. The van der Waals surface area contributed by atoms with Crippen LogP contribution in [0.4, 0.5) is 10.7 Å². The van der Waals surface area contributed by atoms with Gasteiger partial charge in [-0.1, -0.05) is 19.3 Å². The van der Waals surface area contributed by atoms with E-state index >= 15 is 0 Å². The predicted molar refractivity (Wildman–Crippen MR) is 95.3 cm³/mol. The number of hydrogen-bond acceptors (Lipinski definition) is 4. The maximum atomic E-state index is 12.2. The smallest absolute Gasteiger partial charge is 0.315 e. The Labute approximate surface area is 144 Å². The lowest BCUT2D eigenvalue weighted by Gasteiger charge is -2.33. The van der Waals surface area contributed by atoms with Crippen LogP contribution in [0, 0.1) is 13.8 Å². The Hall–Kier alpha value is -1.85. The van der Waals surface area contributed by atoms with Crippen molar-refractivity contribution in [2.75, 3.05) is 18.0 Å². The Bertz CT molecular complexity index is 542. The van der Waals surface area contributed by atoms with Gasteiger partial charge in [0.2, 0.25) is 5.95 Å². The van der Waals surface area contributed by atoms with Crippen LogP contribution >= 0.6 is 0 Å². The fourth-order valence-electron chi connectivity index (χ4n) is 3.73. The summed E-state index contributed by atoms with van der Waals surface area (Å²) in [5.41, 5.74) is 2.01. The quantitative estimate of drug-likeness (QED) is 0.893. The first-order chi connectivity index (χ1) is 11.6. The van der Waals surface area contributed by atoms with Gasteiger partial charge in [0, 0.05) is 36.6 Å². The van der Waals surface area contributed by atoms with Crippen LogP contribution in [0.1, 0.15) is 56.3 Å². The highest BCUT2D eigenvalue weighted by molar-refractivity contribution is 5.74. The number of aromatic nitrogens is 2. The van der Waals surface area contributed by atoms with Crippen molar-refractivity contribution in [2.45, 2.75) is 70.9 Å². The van der Waals surface area contributed by atoms with Crippen molar-refractivity contribution in [1.82, 2.24) is 20.6 Å². The molecular formula is C18H29N5O. The van der Waals surface area contributed by atoms with Gasteiger partial charge >= 0.3 is 6.03 Å². The standard InChI is InChI=1S/C18H29N5O/c1-13-12-14(2)20-17(19-13)23-10-8-16(9-11-23)22-18(24)21-15-6-4-3-5-7-15/h12,15-16H,3-11H2,1-2H3,(H2,21,22,24). The van der Waals surface area contributed by atoms with E-state index in [0.717, 1.165) is 56.1 Å². The minimum Gasteiger partial charge on any atom is -0.341 e. The zero-order valence-electron chi connectivity index (χ0n) is 14.8. The molecular weight excluding hydrogens is 302 g/mol. The Balaban J connectivity index is 1.45. The monoisotopic (exact) mass is 331 g/mol. The second-order valence-electron chi connectivity index (χ2n) is 7.16. The number of anilines is 1. The van der Waals surface area contributed by atoms with Crippen molar-refractivity contribution in [3.63, 3.8) is 0 Å². The molecule has 2 N–H and O–H groups in total. The molecule has 0 unspecified atom stereocenters. The van der Waals surface area contributed by atoms with Crippen molar-refractivity contribution in [1.29, 1.82) is 0 Å². The second-order valence-corrected chi connectivity index (χ2v) is 7.16. The molecule has 0 spiro atoms. The van der Waals surface area contributed by atoms with Crippen LogP contribution in [-0.2, 0) is 0 Å². The average Bonchev–Trinajstić information content (AvgIpc) is 2.55. The zero-order chi connectivity index (χ0) is 16.9. The highest BCUT2D eigenvalue weighted by Crippen LogP contribution is 2.19. The Morgan fingerprint density at radius 3 is 2.08 bits per heavy atom. The summed E-state index contributed by atoms with van der Waals surface area (Å²) in [7, 11) is 0. The fourth-order valence-corrected chi connectivity index (χ4v) is 3.73. The largest absolute Gasteiger partial charge is 0.341 e. The van der Waals surface area contributed by atoms with Gasteiger partial charge in [0.25, 0.3) is 0 Å². The molecule has 0 bridgehead atoms. The van der Waals surface area contributed by atoms with Crippen LogP contribution in [0.5, 0.6) is 0 Å². The molecule has 132 valence electrons. The summed E-state index contributed by atoms with van der Waals surface area (Å²) >= 11 is 0. The van der Waals surface area contributed by atoms with Crippen LogP contribution in [0.2, 0.25) is 0 Å². The summed E-state index contributed by atoms with van der Waals surface area (Å²) < 4.78 is 0. The van der Waals surface area contributed by atoms with Crippen molar-refractivity contribution in [3.05, 3.63) is 17.5 Å². The molecule has 24 heavy (non-hydrogen) atoms. The minimum atomic E-state index is 0.00278. The summed E-state index contributed by atoms with van der Waals surface area (Å²) in [6.07, 6.45) is 7.89. The third kappa shape index (κ3) is 4.58. The molecule has 6 heteroatoms. The van der Waals surface area contributed by atoms with Crippen molar-refractivity contribution < 1.29 is 4.79 Å². The molecule has 2 amide bonds. The molecule has 0 atom stereocenters. The van der Waals surface area contributed by atoms with E-state index in [1.165, 1.54) is 19.3 Å². The molecule has 2 fully saturated rings. The van der Waals surface area contributed by atoms with E-state index in [9.17, 15) is 4.79 Å². The van der Waals surface area contributed by atoms with Crippen LogP contribution in [0.15, 0.2) is 6.07 Å². The molecule has 1 aromatic rings. The highest BCUT2D eigenvalue weighted by Gasteiger charge is 2.23. The molecule has 2 heterocycles. The second kappa shape index (κ2) is 7.81. The maximum Gasteiger partial charge on any atom is 0.315 e. The third-order valence-corrected chi connectivity index (χ3v) is 5.02. The third-order valence-electron chi connectivity index (χ3n) is 5.02. The van der Waals surface area contributed by atoms with E-state index in [2.05, 4.69) is 25.5 Å². The molecule has 6 nitrogen and oxygen atoms in total. The molecule has 1 saturated carbocycles. The normalized spacial score (nSPS) is 20.0. The number of urea groups is 1. The van der Waals surface area contributed by atoms with Crippen molar-refractivity contribution in [3.8, 4) is 0 Å². The van der Waals surface area contributed by atoms with Crippen molar-refractivity contribution in [2.24, 2.45) is 0 Å². The van der Waals surface area contributed by atoms with Gasteiger partial charge in [0.1, 0.15) is 0 Å². The summed E-state index contributed by atoms with van der Waals surface area (Å²) in [5, 5.41) is 6.28. The first-order valence-electron chi connectivity index (χ1n) is 9.24. The molecule has 1 aromatic heterocycles. The van der Waals surface area contributed by atoms with Gasteiger partial charge in [-0.05, 0) is 45.6 Å². The topological polar surface area (TPSA) is 70.2 Å². The van der Waals surface area contributed by atoms with Crippen LogP contribution in [-0.4, -0.2) is 41.2 Å². The number of aryl methyl sites for hydroxylation is 2. The highest BCUT2D eigenvalue weighted by atomic mass is 16.2. The van der Waals surface area contributed by atoms with E-state index < -0.39 is 0 Å². The van der Waals surface area contributed by atoms with Crippen LogP contribution in [0.25, 0.3) is 0 Å². The van der Waals surface area contributed by atoms with Gasteiger partial charge in [-0.15, -0.1) is 0 Å². The first-order valence-corrected chi connectivity index (χ1v) is 9.24. The SMILES string of the molecule is Cc1cc(C)nc(N2CCC(NC(=O)NC3CCCCC3)CC2)n1. The summed E-state index contributed by atoms with van der Waals surface area (Å²) in [6.45, 7) is 5.78. The molecule has 2 aliphatic rings. The Morgan fingerprint density at radius 1 is 0.958 bits per heavy atom. The van der Waals surface area contributed by atoms with E-state index in [-0.39, 0.29) is 12.1 Å². The van der Waals surface area contributed by atoms with Crippen molar-refractivity contribution >= 4 is 12.0 Å². The van der Waals surface area contributed by atoms with E-state index in [0.29, 0.717) is 6.04 Å². The van der Waals surface area contributed by atoms with E-state index in [1.54, 1.807) is 0 Å². The summed E-state index contributed by atoms with van der Waals surface area (Å²) in [6, 6.07) is 2.61. The van der Waals surface area contributed by atoms with Crippen LogP contribution in [0.3, 0.4) is 0 Å². The number of rotatable bonds is 3. The lowest BCUT2D eigenvalue weighted by atomic mass is 9.96. The van der Waals surface area contributed by atoms with Crippen LogP contribution < -0.4 is 15.5 Å². The minimum absolute atomic E-state index is 0.00278. The number of carbonyl (C=O) groups excluding carboxylic acids is 1. The molecule has 1 saturated heterocycles. The first kappa shape index (κ1) is 17.0. The van der Waals surface area contributed by atoms with Gasteiger partial charge in [0.05, 0.1) is 0 Å². The lowest BCUT2D eigenvalue weighted by molar-refractivity contribution is 0.226. The fraction of sp³-hybridized carbons (Fsp3) is 0.722. The van der Waals surface area contributed by atoms with Gasteiger partial charge in [-0.25, -0.2) is 14.8 Å². The van der Waals surface area contributed by atoms with Gasteiger partial charge < -0.3 is 15.5 Å². The predicted octanol–water partition coefficient (Wildman–Crippen LogP) is 2.69. The molecule has 1 aliphatic heterocycles.